The molecule has 1 fully saturated rings. The summed E-state index contributed by atoms with van der Waals surface area (Å²) in [5.74, 6) is -0.138. The van der Waals surface area contributed by atoms with Gasteiger partial charge in [-0.05, 0) is 42.0 Å². The van der Waals surface area contributed by atoms with Crippen molar-refractivity contribution in [3.05, 3.63) is 72.2 Å². The predicted molar refractivity (Wildman–Crippen MR) is 128 cm³/mol. The Morgan fingerprint density at radius 1 is 1.06 bits per heavy atom. The highest BCUT2D eigenvalue weighted by atomic mass is 32.2. The molecule has 0 atom stereocenters. The summed E-state index contributed by atoms with van der Waals surface area (Å²) < 4.78 is 46.0. The van der Waals surface area contributed by atoms with Gasteiger partial charge < -0.3 is 15.0 Å². The standard InChI is InChI=1S/C23H23FN6O3S/c24-20-13-18(29-8-10-33-11-9-29)4-6-21(20)27-23-25-15-19-5-7-22(30(19)28-23)17-3-1-2-16(12-17)14-26-34(31)32/h1-7,12-13,15,34H,8-11,14H2,(H,27,28)(H,26,31,32). The Balaban J connectivity index is 1.40. The van der Waals surface area contributed by atoms with Crippen molar-refractivity contribution in [1.82, 2.24) is 19.3 Å². The van der Waals surface area contributed by atoms with E-state index < -0.39 is 16.7 Å². The van der Waals surface area contributed by atoms with Crippen LogP contribution in [0.25, 0.3) is 16.8 Å². The van der Waals surface area contributed by atoms with E-state index in [9.17, 15) is 12.8 Å². The zero-order valence-corrected chi connectivity index (χ0v) is 19.0. The average Bonchev–Trinajstić information content (AvgIpc) is 3.28. The van der Waals surface area contributed by atoms with Crippen LogP contribution in [0, 0.1) is 5.82 Å². The summed E-state index contributed by atoms with van der Waals surface area (Å²) >= 11 is 0. The summed E-state index contributed by atoms with van der Waals surface area (Å²) in [5.41, 5.74) is 4.36. The van der Waals surface area contributed by atoms with E-state index in [0.717, 1.165) is 41.1 Å². The zero-order chi connectivity index (χ0) is 23.5. The second kappa shape index (κ2) is 9.75. The van der Waals surface area contributed by atoms with E-state index in [1.165, 1.54) is 6.07 Å². The van der Waals surface area contributed by atoms with E-state index in [0.29, 0.717) is 13.2 Å². The van der Waals surface area contributed by atoms with Gasteiger partial charge >= 0.3 is 0 Å². The van der Waals surface area contributed by atoms with Gasteiger partial charge in [0.05, 0.1) is 36.3 Å². The molecule has 4 aromatic rings. The number of morpholine rings is 1. The number of aromatic nitrogens is 3. The quantitative estimate of drug-likeness (QED) is 0.348. The van der Waals surface area contributed by atoms with Crippen molar-refractivity contribution in [2.45, 2.75) is 6.54 Å². The Morgan fingerprint density at radius 2 is 1.91 bits per heavy atom. The minimum absolute atomic E-state index is 0.206. The van der Waals surface area contributed by atoms with Crippen molar-refractivity contribution in [3.63, 3.8) is 0 Å². The monoisotopic (exact) mass is 482 g/mol. The van der Waals surface area contributed by atoms with Crippen molar-refractivity contribution in [2.24, 2.45) is 0 Å². The minimum atomic E-state index is -2.67. The predicted octanol–water partition coefficient (Wildman–Crippen LogP) is 2.73. The van der Waals surface area contributed by atoms with E-state index in [-0.39, 0.29) is 18.2 Å². The number of halogens is 1. The molecule has 0 amide bonds. The molecule has 1 saturated heterocycles. The van der Waals surface area contributed by atoms with Crippen molar-refractivity contribution < 1.29 is 17.5 Å². The molecule has 2 aromatic carbocycles. The number of anilines is 3. The van der Waals surface area contributed by atoms with E-state index in [1.807, 2.05) is 42.5 Å². The van der Waals surface area contributed by atoms with Gasteiger partial charge in [0.25, 0.3) is 0 Å². The van der Waals surface area contributed by atoms with Gasteiger partial charge in [-0.1, -0.05) is 18.2 Å². The smallest absolute Gasteiger partial charge is 0.245 e. The molecule has 0 radical (unpaired) electrons. The molecule has 0 saturated carbocycles. The highest BCUT2D eigenvalue weighted by Crippen LogP contribution is 2.26. The lowest BCUT2D eigenvalue weighted by atomic mass is 10.1. The molecule has 9 nitrogen and oxygen atoms in total. The topological polar surface area (TPSA) is 101 Å². The van der Waals surface area contributed by atoms with Crippen LogP contribution in [0.15, 0.2) is 60.8 Å². The molecule has 0 unspecified atom stereocenters. The molecule has 34 heavy (non-hydrogen) atoms. The van der Waals surface area contributed by atoms with Crippen molar-refractivity contribution in [1.29, 1.82) is 0 Å². The first-order valence-electron chi connectivity index (χ1n) is 10.8. The molecule has 1 aliphatic rings. The van der Waals surface area contributed by atoms with Gasteiger partial charge in [0.15, 0.2) is 0 Å². The van der Waals surface area contributed by atoms with Crippen molar-refractivity contribution >= 4 is 33.7 Å². The summed E-state index contributed by atoms with van der Waals surface area (Å²) in [4.78, 5) is 6.40. The molecule has 1 aliphatic heterocycles. The fraction of sp³-hybridized carbons (Fsp3) is 0.217. The molecule has 0 spiro atoms. The molecule has 2 aromatic heterocycles. The van der Waals surface area contributed by atoms with Gasteiger partial charge in [0, 0.05) is 30.9 Å². The lowest BCUT2D eigenvalue weighted by Gasteiger charge is -2.29. The van der Waals surface area contributed by atoms with Crippen molar-refractivity contribution in [3.8, 4) is 11.3 Å². The number of hydrogen-bond donors (Lipinski definition) is 3. The Kier molecular flexibility index (Phi) is 6.39. The van der Waals surface area contributed by atoms with Crippen molar-refractivity contribution in [2.75, 3.05) is 36.5 Å². The SMILES string of the molecule is O=[SH](=O)NCc1cccc(-c2ccc3cnc(Nc4ccc(N5CCOCC5)cc4F)nn23)c1. The van der Waals surface area contributed by atoms with Crippen LogP contribution in [0.1, 0.15) is 5.56 Å². The zero-order valence-electron chi connectivity index (χ0n) is 18.1. The third-order valence-corrected chi connectivity index (χ3v) is 6.03. The number of nitrogens with one attached hydrogen (secondary N) is 2. The molecule has 11 heteroatoms. The van der Waals surface area contributed by atoms with E-state index in [2.05, 4.69) is 25.0 Å². The lowest BCUT2D eigenvalue weighted by Crippen LogP contribution is -2.36. The summed E-state index contributed by atoms with van der Waals surface area (Å²) in [5, 5.41) is 7.52. The van der Waals surface area contributed by atoms with Crippen LogP contribution in [-0.4, -0.2) is 49.3 Å². The summed E-state index contributed by atoms with van der Waals surface area (Å²) in [7, 11) is -2.67. The number of hydrogen-bond acceptors (Lipinski definition) is 7. The Labute approximate surface area is 197 Å². The normalized spacial score (nSPS) is 14.1. The van der Waals surface area contributed by atoms with Crippen LogP contribution < -0.4 is 14.9 Å². The number of thiol groups is 1. The molecular weight excluding hydrogens is 459 g/mol. The van der Waals surface area contributed by atoms with Gasteiger partial charge in [0.2, 0.25) is 16.8 Å². The number of rotatable bonds is 7. The maximum atomic E-state index is 14.8. The van der Waals surface area contributed by atoms with Crippen LogP contribution in [0.2, 0.25) is 0 Å². The summed E-state index contributed by atoms with van der Waals surface area (Å²) in [6.07, 6.45) is 1.66. The van der Waals surface area contributed by atoms with Gasteiger partial charge in [0.1, 0.15) is 5.82 Å². The lowest BCUT2D eigenvalue weighted by molar-refractivity contribution is 0.122. The third kappa shape index (κ3) is 4.86. The summed E-state index contributed by atoms with van der Waals surface area (Å²) in [6.45, 7) is 2.93. The average molecular weight is 483 g/mol. The Hall–Kier alpha value is -3.54. The Morgan fingerprint density at radius 3 is 2.71 bits per heavy atom. The number of benzene rings is 2. The van der Waals surface area contributed by atoms with E-state index >= 15 is 0 Å². The first kappa shape index (κ1) is 22.3. The number of ether oxygens (including phenoxy) is 1. The largest absolute Gasteiger partial charge is 0.378 e. The van der Waals surface area contributed by atoms with Gasteiger partial charge in [-0.3, -0.25) is 0 Å². The fourth-order valence-electron chi connectivity index (χ4n) is 3.92. The molecule has 0 aliphatic carbocycles. The first-order chi connectivity index (χ1) is 16.6. The number of fused-ring (bicyclic) bond motifs is 1. The van der Waals surface area contributed by atoms with Crippen LogP contribution in [0.4, 0.5) is 21.7 Å². The molecular formula is C23H23FN6O3S. The minimum Gasteiger partial charge on any atom is -0.378 e. The molecule has 2 N–H and O–H groups in total. The van der Waals surface area contributed by atoms with Gasteiger partial charge in [-0.25, -0.2) is 27.0 Å². The maximum Gasteiger partial charge on any atom is 0.245 e. The molecule has 176 valence electrons. The molecule has 5 rings (SSSR count). The van der Waals surface area contributed by atoms with Gasteiger partial charge in [-0.15, -0.1) is 5.10 Å². The van der Waals surface area contributed by atoms with E-state index in [1.54, 1.807) is 16.8 Å². The third-order valence-electron chi connectivity index (χ3n) is 5.61. The maximum absolute atomic E-state index is 14.8. The molecule has 3 heterocycles. The highest BCUT2D eigenvalue weighted by molar-refractivity contribution is 7.70. The summed E-state index contributed by atoms with van der Waals surface area (Å²) in [6, 6.07) is 16.4. The first-order valence-corrected chi connectivity index (χ1v) is 12.0. The fourth-order valence-corrected chi connectivity index (χ4v) is 4.23. The second-order valence-electron chi connectivity index (χ2n) is 7.82. The van der Waals surface area contributed by atoms with Crippen LogP contribution >= 0.6 is 0 Å². The highest BCUT2D eigenvalue weighted by Gasteiger charge is 2.14. The molecule has 0 bridgehead atoms. The van der Waals surface area contributed by atoms with Gasteiger partial charge in [-0.2, -0.15) is 0 Å². The van der Waals surface area contributed by atoms with Crippen LogP contribution in [0.3, 0.4) is 0 Å². The van der Waals surface area contributed by atoms with Crippen LogP contribution in [-0.2, 0) is 22.2 Å². The van der Waals surface area contributed by atoms with Crippen LogP contribution in [0.5, 0.6) is 0 Å². The number of nitrogens with zero attached hydrogens (tertiary/aromatic N) is 4. The Bertz CT molecular complexity index is 1390. The van der Waals surface area contributed by atoms with E-state index in [4.69, 9.17) is 4.74 Å². The second-order valence-corrected chi connectivity index (χ2v) is 8.65.